The Hall–Kier alpha value is -1.33. The molecule has 92 valence electrons. The number of fused-ring (bicyclic) bond motifs is 1. The molecule has 17 heavy (non-hydrogen) atoms. The minimum Gasteiger partial charge on any atom is -0.385 e. The Morgan fingerprint density at radius 3 is 3.12 bits per heavy atom. The van der Waals surface area contributed by atoms with Crippen LogP contribution in [-0.2, 0) is 9.53 Å². The van der Waals surface area contributed by atoms with Crippen molar-refractivity contribution in [2.45, 2.75) is 18.9 Å². The lowest BCUT2D eigenvalue weighted by molar-refractivity contribution is -0.117. The molecule has 1 aliphatic heterocycles. The molecule has 0 aromatic carbocycles. The highest BCUT2D eigenvalue weighted by atomic mass is 35.5. The van der Waals surface area contributed by atoms with Crippen LogP contribution in [0, 0.1) is 0 Å². The number of ether oxygens (including phenoxy) is 1. The molecular weight excluding hydrogens is 242 g/mol. The Bertz CT molecular complexity index is 425. The van der Waals surface area contributed by atoms with Crippen LogP contribution in [0.3, 0.4) is 0 Å². The van der Waals surface area contributed by atoms with Gasteiger partial charge < -0.3 is 15.4 Å². The van der Waals surface area contributed by atoms with E-state index in [-0.39, 0.29) is 11.9 Å². The number of aromatic nitrogens is 1. The number of halogens is 1. The summed E-state index contributed by atoms with van der Waals surface area (Å²) >= 11 is 5.80. The molecule has 2 heterocycles. The number of carbonyl (C=O) groups is 1. The summed E-state index contributed by atoms with van der Waals surface area (Å²) in [5.74, 6) is 0.581. The lowest BCUT2D eigenvalue weighted by atomic mass is 10.1. The van der Waals surface area contributed by atoms with Crippen molar-refractivity contribution < 1.29 is 9.53 Å². The standard InChI is InChI=1S/C11H14ClN3O2/c1-17-6-2-3-8-11(16)14-7-4-5-9(12)15-10(7)13-8/h4-5,8H,2-3,6H2,1H3,(H,13,15)(H,14,16). The third kappa shape index (κ3) is 2.87. The van der Waals surface area contributed by atoms with Gasteiger partial charge in [0.1, 0.15) is 11.2 Å². The molecular formula is C11H14ClN3O2. The first-order valence-corrected chi connectivity index (χ1v) is 5.81. The fourth-order valence-electron chi connectivity index (χ4n) is 1.73. The maximum Gasteiger partial charge on any atom is 0.247 e. The predicted molar refractivity (Wildman–Crippen MR) is 66.4 cm³/mol. The van der Waals surface area contributed by atoms with Gasteiger partial charge in [-0.3, -0.25) is 4.79 Å². The van der Waals surface area contributed by atoms with Gasteiger partial charge in [-0.25, -0.2) is 4.98 Å². The quantitative estimate of drug-likeness (QED) is 0.637. The van der Waals surface area contributed by atoms with E-state index in [9.17, 15) is 4.79 Å². The average Bonchev–Trinajstić information content (AvgIpc) is 2.31. The lowest BCUT2D eigenvalue weighted by Crippen LogP contribution is -2.39. The molecule has 1 unspecified atom stereocenters. The number of rotatable bonds is 4. The Morgan fingerprint density at radius 1 is 1.53 bits per heavy atom. The van der Waals surface area contributed by atoms with Crippen LogP contribution in [-0.4, -0.2) is 30.6 Å². The summed E-state index contributed by atoms with van der Waals surface area (Å²) in [6.45, 7) is 0.640. The number of amides is 1. The highest BCUT2D eigenvalue weighted by molar-refractivity contribution is 6.29. The third-order valence-electron chi connectivity index (χ3n) is 2.59. The fourth-order valence-corrected chi connectivity index (χ4v) is 1.88. The van der Waals surface area contributed by atoms with Crippen LogP contribution in [0.4, 0.5) is 11.5 Å². The molecule has 0 aliphatic carbocycles. The van der Waals surface area contributed by atoms with Crippen molar-refractivity contribution in [3.63, 3.8) is 0 Å². The lowest BCUT2D eigenvalue weighted by Gasteiger charge is -2.25. The number of methoxy groups -OCH3 is 1. The van der Waals surface area contributed by atoms with E-state index in [1.54, 1.807) is 19.2 Å². The molecule has 0 saturated heterocycles. The Labute approximate surface area is 105 Å². The van der Waals surface area contributed by atoms with Crippen LogP contribution in [0.1, 0.15) is 12.8 Å². The second kappa shape index (κ2) is 5.33. The highest BCUT2D eigenvalue weighted by Gasteiger charge is 2.25. The minimum absolute atomic E-state index is 0.0438. The SMILES string of the molecule is COCCCC1Nc2nc(Cl)ccc2NC1=O. The smallest absolute Gasteiger partial charge is 0.247 e. The number of anilines is 2. The molecule has 2 rings (SSSR count). The van der Waals surface area contributed by atoms with Gasteiger partial charge in [0.15, 0.2) is 5.82 Å². The van der Waals surface area contributed by atoms with Crippen molar-refractivity contribution in [3.05, 3.63) is 17.3 Å². The molecule has 5 nitrogen and oxygen atoms in total. The molecule has 0 spiro atoms. The van der Waals surface area contributed by atoms with Gasteiger partial charge in [-0.05, 0) is 25.0 Å². The van der Waals surface area contributed by atoms with Crippen molar-refractivity contribution in [2.24, 2.45) is 0 Å². The summed E-state index contributed by atoms with van der Waals surface area (Å²) in [7, 11) is 1.64. The molecule has 6 heteroatoms. The van der Waals surface area contributed by atoms with E-state index >= 15 is 0 Å². The summed E-state index contributed by atoms with van der Waals surface area (Å²) in [4.78, 5) is 15.9. The molecule has 0 radical (unpaired) electrons. The van der Waals surface area contributed by atoms with Crippen molar-refractivity contribution in [1.82, 2.24) is 4.98 Å². The van der Waals surface area contributed by atoms with Gasteiger partial charge in [-0.2, -0.15) is 0 Å². The molecule has 0 fully saturated rings. The van der Waals surface area contributed by atoms with Gasteiger partial charge in [0.2, 0.25) is 5.91 Å². The van der Waals surface area contributed by atoms with E-state index in [1.807, 2.05) is 0 Å². The Kier molecular flexibility index (Phi) is 3.81. The first-order valence-electron chi connectivity index (χ1n) is 5.43. The summed E-state index contributed by atoms with van der Waals surface area (Å²) in [6.07, 6.45) is 1.52. The molecule has 1 aromatic rings. The predicted octanol–water partition coefficient (Wildman–Crippen LogP) is 1.89. The van der Waals surface area contributed by atoms with E-state index in [0.717, 1.165) is 6.42 Å². The van der Waals surface area contributed by atoms with Crippen LogP contribution in [0.2, 0.25) is 5.15 Å². The zero-order valence-corrected chi connectivity index (χ0v) is 10.3. The van der Waals surface area contributed by atoms with Crippen molar-refractivity contribution in [3.8, 4) is 0 Å². The van der Waals surface area contributed by atoms with Gasteiger partial charge in [-0.15, -0.1) is 0 Å². The largest absolute Gasteiger partial charge is 0.385 e. The normalized spacial score (nSPS) is 18.2. The van der Waals surface area contributed by atoms with Crippen LogP contribution in [0.5, 0.6) is 0 Å². The van der Waals surface area contributed by atoms with Gasteiger partial charge in [0.05, 0.1) is 5.69 Å². The molecule has 2 N–H and O–H groups in total. The molecule has 1 aliphatic rings. The average molecular weight is 256 g/mol. The van der Waals surface area contributed by atoms with Crippen LogP contribution < -0.4 is 10.6 Å². The summed E-state index contributed by atoms with van der Waals surface area (Å²) in [6, 6.07) is 3.11. The number of nitrogens with one attached hydrogen (secondary N) is 2. The van der Waals surface area contributed by atoms with E-state index in [1.165, 1.54) is 0 Å². The molecule has 0 saturated carbocycles. The summed E-state index contributed by atoms with van der Waals surface area (Å²) < 4.78 is 4.96. The van der Waals surface area contributed by atoms with E-state index in [2.05, 4.69) is 15.6 Å². The van der Waals surface area contributed by atoms with Gasteiger partial charge in [0, 0.05) is 13.7 Å². The van der Waals surface area contributed by atoms with Crippen LogP contribution in [0.15, 0.2) is 12.1 Å². The zero-order chi connectivity index (χ0) is 12.3. The first-order chi connectivity index (χ1) is 8.20. The van der Waals surface area contributed by atoms with E-state index in [0.29, 0.717) is 29.7 Å². The van der Waals surface area contributed by atoms with Crippen molar-refractivity contribution in [1.29, 1.82) is 0 Å². The topological polar surface area (TPSA) is 63.2 Å². The third-order valence-corrected chi connectivity index (χ3v) is 2.80. The minimum atomic E-state index is -0.274. The van der Waals surface area contributed by atoms with Crippen molar-refractivity contribution >= 4 is 29.0 Å². The number of nitrogens with zero attached hydrogens (tertiary/aromatic N) is 1. The summed E-state index contributed by atoms with van der Waals surface area (Å²) in [5, 5.41) is 6.29. The second-order valence-corrected chi connectivity index (χ2v) is 4.24. The van der Waals surface area contributed by atoms with E-state index < -0.39 is 0 Å². The Morgan fingerprint density at radius 2 is 2.35 bits per heavy atom. The highest BCUT2D eigenvalue weighted by Crippen LogP contribution is 2.27. The van der Waals surface area contributed by atoms with Crippen LogP contribution in [0.25, 0.3) is 0 Å². The van der Waals surface area contributed by atoms with Crippen molar-refractivity contribution in [2.75, 3.05) is 24.4 Å². The zero-order valence-electron chi connectivity index (χ0n) is 9.50. The number of carbonyl (C=O) groups excluding carboxylic acids is 1. The molecule has 1 amide bonds. The maximum absolute atomic E-state index is 11.8. The van der Waals surface area contributed by atoms with E-state index in [4.69, 9.17) is 16.3 Å². The Balaban J connectivity index is 2.06. The fraction of sp³-hybridized carbons (Fsp3) is 0.455. The van der Waals surface area contributed by atoms with Crippen LogP contribution >= 0.6 is 11.6 Å². The van der Waals surface area contributed by atoms with Gasteiger partial charge in [-0.1, -0.05) is 11.6 Å². The second-order valence-electron chi connectivity index (χ2n) is 3.85. The number of pyridine rings is 1. The first kappa shape index (κ1) is 12.1. The van der Waals surface area contributed by atoms with Gasteiger partial charge >= 0.3 is 0 Å². The molecule has 0 bridgehead atoms. The maximum atomic E-state index is 11.8. The number of hydrogen-bond donors (Lipinski definition) is 2. The number of hydrogen-bond acceptors (Lipinski definition) is 4. The van der Waals surface area contributed by atoms with Gasteiger partial charge in [0.25, 0.3) is 0 Å². The summed E-state index contributed by atoms with van der Waals surface area (Å²) in [5.41, 5.74) is 0.669. The monoisotopic (exact) mass is 255 g/mol. The molecule has 1 atom stereocenters. The molecule has 1 aromatic heterocycles.